The Bertz CT molecular complexity index is 2050. The van der Waals surface area contributed by atoms with Crippen LogP contribution in [-0.2, 0) is 0 Å². The number of anilines is 3. The summed E-state index contributed by atoms with van der Waals surface area (Å²) in [5.41, 5.74) is 7.20. The first-order valence-corrected chi connectivity index (χ1v) is 13.3. The lowest BCUT2D eigenvalue weighted by Crippen LogP contribution is -2.09. The number of hydrogen-bond donors (Lipinski definition) is 0. The number of aromatic nitrogens is 1. The van der Waals surface area contributed by atoms with E-state index in [1.54, 1.807) is 0 Å². The number of rotatable bonds is 3. The zero-order valence-electron chi connectivity index (χ0n) is 19.9. The number of hydrogen-bond acceptors (Lipinski definition) is 1. The Hall–Kier alpha value is -4.34. The molecular weight excluding hydrogens is 516 g/mol. The van der Waals surface area contributed by atoms with Crippen molar-refractivity contribution in [2.45, 2.75) is 0 Å². The third-order valence-corrected chi connectivity index (χ3v) is 8.00. The molecule has 0 fully saturated rings. The van der Waals surface area contributed by atoms with E-state index in [0.717, 1.165) is 21.5 Å². The second-order valence-corrected chi connectivity index (χ2v) is 10.5. The maximum Gasteiger partial charge on any atom is 0.0626 e. The number of fused-ring (bicyclic) bond motifs is 6. The average molecular weight is 537 g/mol. The van der Waals surface area contributed by atoms with Gasteiger partial charge in [0.25, 0.3) is 0 Å². The molecule has 0 N–H and O–H groups in total. The summed E-state index contributed by atoms with van der Waals surface area (Å²) in [5, 5.41) is 7.65. The van der Waals surface area contributed by atoms with Gasteiger partial charge < -0.3 is 9.30 Å². The van der Waals surface area contributed by atoms with Crippen molar-refractivity contribution in [1.82, 2.24) is 4.40 Å². The minimum atomic E-state index is 1.10. The van der Waals surface area contributed by atoms with Crippen LogP contribution in [0.25, 0.3) is 48.9 Å². The van der Waals surface area contributed by atoms with Crippen LogP contribution in [0.3, 0.4) is 0 Å². The predicted octanol–water partition coefficient (Wildman–Crippen LogP) is 10.2. The summed E-state index contributed by atoms with van der Waals surface area (Å²) >= 11 is 3.70. The van der Waals surface area contributed by atoms with Gasteiger partial charge in [0.1, 0.15) is 0 Å². The van der Waals surface area contributed by atoms with E-state index in [9.17, 15) is 0 Å². The molecule has 0 aliphatic carbocycles. The van der Waals surface area contributed by atoms with Gasteiger partial charge in [-0.15, -0.1) is 0 Å². The summed E-state index contributed by atoms with van der Waals surface area (Å²) in [4.78, 5) is 2.35. The maximum absolute atomic E-state index is 3.70. The van der Waals surface area contributed by atoms with E-state index < -0.39 is 0 Å². The third-order valence-electron chi connectivity index (χ3n) is 7.51. The topological polar surface area (TPSA) is 7.65 Å². The highest BCUT2D eigenvalue weighted by molar-refractivity contribution is 9.10. The van der Waals surface area contributed by atoms with E-state index in [1.165, 1.54) is 48.9 Å². The molecule has 0 radical (unpaired) electrons. The molecule has 0 atom stereocenters. The Labute approximate surface area is 222 Å². The fraction of sp³-hybridized carbons (Fsp3) is 0. The summed E-state index contributed by atoms with van der Waals surface area (Å²) in [6, 6.07) is 46.0. The Kier molecular flexibility index (Phi) is 4.40. The zero-order valence-corrected chi connectivity index (χ0v) is 21.5. The Morgan fingerprint density at radius 3 is 1.92 bits per heavy atom. The van der Waals surface area contributed by atoms with Crippen molar-refractivity contribution in [3.05, 3.63) is 132 Å². The summed E-state index contributed by atoms with van der Waals surface area (Å²) < 4.78 is 3.55. The normalized spacial score (nSPS) is 11.9. The fourth-order valence-electron chi connectivity index (χ4n) is 6.01. The van der Waals surface area contributed by atoms with Crippen LogP contribution in [0.1, 0.15) is 0 Å². The molecule has 2 heterocycles. The maximum atomic E-state index is 3.70. The van der Waals surface area contributed by atoms with Gasteiger partial charge in [-0.05, 0) is 71.4 Å². The van der Waals surface area contributed by atoms with Gasteiger partial charge in [0.2, 0.25) is 0 Å². The molecule has 0 spiro atoms. The predicted molar refractivity (Wildman–Crippen MR) is 161 cm³/mol. The van der Waals surface area contributed by atoms with Crippen LogP contribution in [0.5, 0.6) is 0 Å². The highest BCUT2D eigenvalue weighted by Crippen LogP contribution is 2.45. The largest absolute Gasteiger partial charge is 0.310 e. The molecule has 0 amide bonds. The molecule has 8 rings (SSSR count). The van der Waals surface area contributed by atoms with Crippen LogP contribution in [-0.4, -0.2) is 4.40 Å². The highest BCUT2D eigenvalue weighted by Gasteiger charge is 2.20. The van der Waals surface area contributed by atoms with E-state index in [-0.39, 0.29) is 0 Å². The number of benzene rings is 6. The molecule has 0 saturated heterocycles. The Balaban J connectivity index is 1.55. The van der Waals surface area contributed by atoms with Gasteiger partial charge >= 0.3 is 0 Å². The lowest BCUT2D eigenvalue weighted by Gasteiger charge is -2.26. The first kappa shape index (κ1) is 20.8. The Morgan fingerprint density at radius 2 is 1.16 bits per heavy atom. The first-order valence-electron chi connectivity index (χ1n) is 12.5. The van der Waals surface area contributed by atoms with Gasteiger partial charge in [0, 0.05) is 43.1 Å². The molecule has 37 heavy (non-hydrogen) atoms. The lowest BCUT2D eigenvalue weighted by molar-refractivity contribution is 1.29. The number of halogens is 1. The number of pyridine rings is 1. The molecule has 2 nitrogen and oxygen atoms in total. The molecular formula is C34H21BrN2. The molecule has 2 aromatic heterocycles. The molecule has 3 heteroatoms. The van der Waals surface area contributed by atoms with Crippen LogP contribution < -0.4 is 4.90 Å². The smallest absolute Gasteiger partial charge is 0.0626 e. The molecule has 8 aromatic rings. The van der Waals surface area contributed by atoms with E-state index in [2.05, 4.69) is 153 Å². The Morgan fingerprint density at radius 1 is 0.486 bits per heavy atom. The van der Waals surface area contributed by atoms with Gasteiger partial charge in [0.15, 0.2) is 0 Å². The quantitative estimate of drug-likeness (QED) is 0.161. The SMILES string of the molecule is Brc1ccc2c(c1)c1ccc3cc(N(c4ccccc4)c4ccccc4)cc4c5ccccc5n2c1c34. The van der Waals surface area contributed by atoms with Crippen molar-refractivity contribution in [2.24, 2.45) is 0 Å². The van der Waals surface area contributed by atoms with Crippen LogP contribution in [0, 0.1) is 0 Å². The standard InChI is InChI=1S/C34H21BrN2/c35-23-16-18-32-29(20-23)28-17-15-22-19-26(36(24-9-3-1-4-10-24)25-11-5-2-6-12-25)21-30-27-13-7-8-14-31(27)37(32)34(28)33(22)30/h1-21H. The van der Waals surface area contributed by atoms with Crippen molar-refractivity contribution in [2.75, 3.05) is 4.90 Å². The van der Waals surface area contributed by atoms with Gasteiger partial charge in [-0.25, -0.2) is 0 Å². The molecule has 0 unspecified atom stereocenters. The number of para-hydroxylation sites is 3. The van der Waals surface area contributed by atoms with Crippen molar-refractivity contribution in [1.29, 1.82) is 0 Å². The molecule has 0 saturated carbocycles. The summed E-state index contributed by atoms with van der Waals surface area (Å²) in [6.45, 7) is 0. The minimum absolute atomic E-state index is 1.10. The van der Waals surface area contributed by atoms with Crippen LogP contribution in [0.2, 0.25) is 0 Å². The van der Waals surface area contributed by atoms with Crippen molar-refractivity contribution >= 4 is 81.9 Å². The van der Waals surface area contributed by atoms with Crippen LogP contribution in [0.15, 0.2) is 132 Å². The second-order valence-electron chi connectivity index (χ2n) is 9.57. The van der Waals surface area contributed by atoms with Gasteiger partial charge in [-0.2, -0.15) is 0 Å². The van der Waals surface area contributed by atoms with Crippen molar-refractivity contribution in [3.63, 3.8) is 0 Å². The van der Waals surface area contributed by atoms with Crippen LogP contribution >= 0.6 is 15.9 Å². The first-order chi connectivity index (χ1) is 18.3. The zero-order chi connectivity index (χ0) is 24.5. The third kappa shape index (κ3) is 2.98. The molecule has 6 aromatic carbocycles. The monoisotopic (exact) mass is 536 g/mol. The molecule has 174 valence electrons. The van der Waals surface area contributed by atoms with E-state index >= 15 is 0 Å². The summed E-state index contributed by atoms with van der Waals surface area (Å²) in [7, 11) is 0. The lowest BCUT2D eigenvalue weighted by atomic mass is 9.97. The van der Waals surface area contributed by atoms with Crippen molar-refractivity contribution < 1.29 is 0 Å². The second kappa shape index (κ2) is 7.83. The van der Waals surface area contributed by atoms with E-state index in [4.69, 9.17) is 0 Å². The van der Waals surface area contributed by atoms with Gasteiger partial charge in [-0.3, -0.25) is 0 Å². The fourth-order valence-corrected chi connectivity index (χ4v) is 6.37. The molecule has 0 bridgehead atoms. The van der Waals surface area contributed by atoms with Gasteiger partial charge in [-0.1, -0.05) is 82.7 Å². The minimum Gasteiger partial charge on any atom is -0.310 e. The van der Waals surface area contributed by atoms with Crippen LogP contribution in [0.4, 0.5) is 17.1 Å². The summed E-state index contributed by atoms with van der Waals surface area (Å²) in [6.07, 6.45) is 0. The molecule has 0 aliphatic rings. The van der Waals surface area contributed by atoms with E-state index in [1.807, 2.05) is 0 Å². The number of nitrogens with zero attached hydrogens (tertiary/aromatic N) is 2. The van der Waals surface area contributed by atoms with Crippen molar-refractivity contribution in [3.8, 4) is 0 Å². The van der Waals surface area contributed by atoms with Gasteiger partial charge in [0.05, 0.1) is 16.6 Å². The highest BCUT2D eigenvalue weighted by atomic mass is 79.9. The average Bonchev–Trinajstić information content (AvgIpc) is 3.28. The summed E-state index contributed by atoms with van der Waals surface area (Å²) in [5.74, 6) is 0. The van der Waals surface area contributed by atoms with E-state index in [0.29, 0.717) is 0 Å². The molecule has 0 aliphatic heterocycles.